The molecule has 0 aliphatic rings. The zero-order valence-electron chi connectivity index (χ0n) is 26.8. The van der Waals surface area contributed by atoms with Gasteiger partial charge < -0.3 is 18.9 Å². The minimum Gasteiger partial charge on any atom is -0.497 e. The van der Waals surface area contributed by atoms with Gasteiger partial charge in [0.2, 0.25) is 0 Å². The third-order valence-electron chi connectivity index (χ3n) is 8.25. The second-order valence-corrected chi connectivity index (χ2v) is 11.7. The monoisotopic (exact) mass is 682 g/mol. The largest absolute Gasteiger partial charge is 0.497 e. The highest BCUT2D eigenvalue weighted by Gasteiger charge is 2.12. The van der Waals surface area contributed by atoms with Crippen molar-refractivity contribution in [1.82, 2.24) is 0 Å². The molecule has 0 bridgehead atoms. The van der Waals surface area contributed by atoms with Crippen molar-refractivity contribution in [2.24, 2.45) is 0 Å². The van der Waals surface area contributed by atoms with Crippen molar-refractivity contribution < 1.29 is 18.9 Å². The van der Waals surface area contributed by atoms with Crippen molar-refractivity contribution in [2.45, 2.75) is 0 Å². The van der Waals surface area contributed by atoms with Crippen molar-refractivity contribution in [3.8, 4) is 56.4 Å². The highest BCUT2D eigenvalue weighted by atomic mass is 79.9. The molecule has 0 saturated carbocycles. The molecule has 0 saturated heterocycles. The topological polar surface area (TPSA) is 36.9 Å². The van der Waals surface area contributed by atoms with E-state index in [0.717, 1.165) is 44.0 Å². The van der Waals surface area contributed by atoms with Crippen LogP contribution in [0.25, 0.3) is 54.9 Å². The molecule has 7 aromatic carbocycles. The first-order valence-corrected chi connectivity index (χ1v) is 16.0. The lowest BCUT2D eigenvalue weighted by atomic mass is 9.94. The van der Waals surface area contributed by atoms with Crippen molar-refractivity contribution in [2.75, 3.05) is 28.4 Å². The van der Waals surface area contributed by atoms with E-state index in [4.69, 9.17) is 18.9 Å². The fraction of sp³-hybridized carbons (Fsp3) is 0.0952. The molecule has 0 aliphatic heterocycles. The van der Waals surface area contributed by atoms with E-state index in [1.165, 1.54) is 38.4 Å². The summed E-state index contributed by atoms with van der Waals surface area (Å²) in [4.78, 5) is 0. The Morgan fingerprint density at radius 3 is 1.36 bits per heavy atom. The fourth-order valence-electron chi connectivity index (χ4n) is 5.74. The average molecular weight is 684 g/mol. The van der Waals surface area contributed by atoms with E-state index in [9.17, 15) is 0 Å². The Labute approximate surface area is 284 Å². The van der Waals surface area contributed by atoms with Crippen LogP contribution < -0.4 is 18.9 Å². The molecule has 7 aromatic rings. The molecule has 7 rings (SSSR count). The van der Waals surface area contributed by atoms with Gasteiger partial charge in [-0.1, -0.05) is 91.0 Å². The molecule has 0 heterocycles. The smallest absolute Gasteiger partial charge is 0.133 e. The summed E-state index contributed by atoms with van der Waals surface area (Å²) in [5, 5.41) is 4.70. The minimum absolute atomic E-state index is 0.847. The van der Waals surface area contributed by atoms with Crippen LogP contribution in [0.4, 0.5) is 0 Å². The highest BCUT2D eigenvalue weighted by molar-refractivity contribution is 9.10. The molecule has 0 atom stereocenters. The Hall–Kier alpha value is -5.26. The molecule has 47 heavy (non-hydrogen) atoms. The SMILES string of the molecule is COc1ccc(-c2ccc3c(-c4ccccc4)c(OC)ccc3c2)cc1.COc1ccc(-c2ccc3c(Br)c(OC)ccc3c2)cc1. The molecule has 0 unspecified atom stereocenters. The quantitative estimate of drug-likeness (QED) is 0.168. The molecule has 0 radical (unpaired) electrons. The van der Waals surface area contributed by atoms with Gasteiger partial charge in [0, 0.05) is 5.56 Å². The number of hydrogen-bond acceptors (Lipinski definition) is 4. The first-order valence-electron chi connectivity index (χ1n) is 15.2. The van der Waals surface area contributed by atoms with Crippen LogP contribution in [0.1, 0.15) is 0 Å². The maximum absolute atomic E-state index is 5.63. The highest BCUT2D eigenvalue weighted by Crippen LogP contribution is 2.39. The van der Waals surface area contributed by atoms with Crippen LogP contribution in [0, 0.1) is 0 Å². The summed E-state index contributed by atoms with van der Waals surface area (Å²) in [5.74, 6) is 3.47. The Kier molecular flexibility index (Phi) is 9.75. The third-order valence-corrected chi connectivity index (χ3v) is 9.07. The van der Waals surface area contributed by atoms with Crippen molar-refractivity contribution in [3.63, 3.8) is 0 Å². The molecule has 0 fully saturated rings. The maximum atomic E-state index is 5.63. The lowest BCUT2D eigenvalue weighted by Crippen LogP contribution is -1.90. The van der Waals surface area contributed by atoms with Gasteiger partial charge in [0.1, 0.15) is 23.0 Å². The Balaban J connectivity index is 0.000000168. The first kappa shape index (κ1) is 31.7. The lowest BCUT2D eigenvalue weighted by Gasteiger charge is -2.13. The molecule has 0 aliphatic carbocycles. The van der Waals surface area contributed by atoms with Crippen LogP contribution in [-0.4, -0.2) is 28.4 Å². The van der Waals surface area contributed by atoms with E-state index in [1.54, 1.807) is 28.4 Å². The number of fused-ring (bicyclic) bond motifs is 2. The van der Waals surface area contributed by atoms with E-state index < -0.39 is 0 Å². The van der Waals surface area contributed by atoms with Gasteiger partial charge >= 0.3 is 0 Å². The Morgan fingerprint density at radius 1 is 0.383 bits per heavy atom. The number of rotatable bonds is 7. The van der Waals surface area contributed by atoms with Crippen molar-refractivity contribution in [1.29, 1.82) is 0 Å². The maximum Gasteiger partial charge on any atom is 0.133 e. The van der Waals surface area contributed by atoms with Crippen molar-refractivity contribution in [3.05, 3.63) is 144 Å². The summed E-state index contributed by atoms with van der Waals surface area (Å²) >= 11 is 3.60. The number of hydrogen-bond donors (Lipinski definition) is 0. The molecule has 0 aromatic heterocycles. The molecular weight excluding hydrogens is 648 g/mol. The molecule has 0 N–H and O–H groups in total. The van der Waals surface area contributed by atoms with Crippen LogP contribution in [0.5, 0.6) is 23.0 Å². The molecular formula is C42H35BrO4. The lowest BCUT2D eigenvalue weighted by molar-refractivity contribution is 0.413. The molecule has 5 heteroatoms. The Bertz CT molecular complexity index is 2120. The number of halogens is 1. The molecule has 0 amide bonds. The summed E-state index contributed by atoms with van der Waals surface area (Å²) in [6.45, 7) is 0. The van der Waals surface area contributed by atoms with Crippen LogP contribution in [-0.2, 0) is 0 Å². The average Bonchev–Trinajstić information content (AvgIpc) is 3.14. The summed E-state index contributed by atoms with van der Waals surface area (Å²) in [6.07, 6.45) is 0. The van der Waals surface area contributed by atoms with E-state index >= 15 is 0 Å². The first-order chi connectivity index (χ1) is 23.0. The van der Waals surface area contributed by atoms with Gasteiger partial charge in [0.25, 0.3) is 0 Å². The number of ether oxygens (including phenoxy) is 4. The number of benzene rings is 7. The summed E-state index contributed by atoms with van der Waals surface area (Å²) in [6, 6.07) is 47.8. The zero-order chi connectivity index (χ0) is 32.8. The van der Waals surface area contributed by atoms with Crippen molar-refractivity contribution >= 4 is 37.5 Å². The van der Waals surface area contributed by atoms with Gasteiger partial charge in [-0.3, -0.25) is 0 Å². The number of methoxy groups -OCH3 is 4. The fourth-order valence-corrected chi connectivity index (χ4v) is 6.39. The predicted molar refractivity (Wildman–Crippen MR) is 198 cm³/mol. The van der Waals surface area contributed by atoms with Crippen LogP contribution in [0.3, 0.4) is 0 Å². The van der Waals surface area contributed by atoms with Crippen LogP contribution in [0.15, 0.2) is 144 Å². The van der Waals surface area contributed by atoms with Gasteiger partial charge in [-0.15, -0.1) is 0 Å². The molecule has 4 nitrogen and oxygen atoms in total. The summed E-state index contributed by atoms with van der Waals surface area (Å²) < 4.78 is 22.4. The van der Waals surface area contributed by atoms with Crippen LogP contribution >= 0.6 is 15.9 Å². The van der Waals surface area contributed by atoms with Gasteiger partial charge in [-0.05, 0) is 114 Å². The minimum atomic E-state index is 0.847. The van der Waals surface area contributed by atoms with E-state index in [-0.39, 0.29) is 0 Å². The summed E-state index contributed by atoms with van der Waals surface area (Å²) in [5.41, 5.74) is 7.00. The zero-order valence-corrected chi connectivity index (χ0v) is 28.4. The predicted octanol–water partition coefficient (Wildman–Crippen LogP) is 11.5. The molecule has 234 valence electrons. The normalized spacial score (nSPS) is 10.7. The third kappa shape index (κ3) is 6.81. The van der Waals surface area contributed by atoms with E-state index in [0.29, 0.717) is 0 Å². The summed E-state index contributed by atoms with van der Waals surface area (Å²) in [7, 11) is 6.76. The van der Waals surface area contributed by atoms with E-state index in [2.05, 4.69) is 113 Å². The standard InChI is InChI=1S/C24H20O2.C18H15BrO2/c1-25-21-12-8-17(9-13-21)19-10-14-22-20(16-19)11-15-23(26-2)24(22)18-6-4-3-5-7-18;1-20-15-7-3-12(4-8-15)13-5-9-16-14(11-13)6-10-17(21-2)18(16)19/h3-16H,1-2H3;3-11H,1-2H3. The van der Waals surface area contributed by atoms with Crippen LogP contribution in [0.2, 0.25) is 0 Å². The van der Waals surface area contributed by atoms with Gasteiger partial charge in [-0.25, -0.2) is 0 Å². The Morgan fingerprint density at radius 2 is 0.851 bits per heavy atom. The second-order valence-electron chi connectivity index (χ2n) is 10.9. The van der Waals surface area contributed by atoms with Gasteiger partial charge in [0.15, 0.2) is 0 Å². The van der Waals surface area contributed by atoms with E-state index in [1.807, 2.05) is 42.5 Å². The van der Waals surface area contributed by atoms with Gasteiger partial charge in [-0.2, -0.15) is 0 Å². The molecule has 0 spiro atoms. The second kappa shape index (κ2) is 14.4. The van der Waals surface area contributed by atoms with Gasteiger partial charge in [0.05, 0.1) is 32.9 Å².